The quantitative estimate of drug-likeness (QED) is 0.520. The van der Waals surface area contributed by atoms with E-state index in [2.05, 4.69) is 5.32 Å². The molecule has 0 atom stereocenters. The van der Waals surface area contributed by atoms with Gasteiger partial charge in [-0.3, -0.25) is 24.3 Å². The number of nitrogens with one attached hydrogen (secondary N) is 1. The number of carbonyl (C=O) groups is 3. The molecule has 0 aliphatic carbocycles. The normalized spacial score (nSPS) is 12.4. The Bertz CT molecular complexity index is 1240. The van der Waals surface area contributed by atoms with E-state index in [0.29, 0.717) is 11.3 Å². The van der Waals surface area contributed by atoms with Gasteiger partial charge >= 0.3 is 5.97 Å². The molecule has 0 fully saturated rings. The molecule has 29 heavy (non-hydrogen) atoms. The van der Waals surface area contributed by atoms with Gasteiger partial charge in [-0.2, -0.15) is 0 Å². The largest absolute Gasteiger partial charge is 0.465 e. The number of imide groups is 1. The van der Waals surface area contributed by atoms with Crippen LogP contribution in [0.25, 0.3) is 16.8 Å². The van der Waals surface area contributed by atoms with Crippen LogP contribution in [0, 0.1) is 0 Å². The van der Waals surface area contributed by atoms with Gasteiger partial charge in [0.05, 0.1) is 29.5 Å². The summed E-state index contributed by atoms with van der Waals surface area (Å²) in [5.41, 5.74) is 7.94. The predicted molar refractivity (Wildman–Crippen MR) is 105 cm³/mol. The lowest BCUT2D eigenvalue weighted by molar-refractivity contribution is 0.0600. The number of rotatable bonds is 3. The summed E-state index contributed by atoms with van der Waals surface area (Å²) in [6.07, 6.45) is 0. The summed E-state index contributed by atoms with van der Waals surface area (Å²) in [6, 6.07) is 14.9. The number of ether oxygens (including phenoxy) is 1. The van der Waals surface area contributed by atoms with E-state index >= 15 is 0 Å². The highest BCUT2D eigenvalue weighted by Crippen LogP contribution is 2.25. The highest BCUT2D eigenvalue weighted by molar-refractivity contribution is 6.23. The maximum absolute atomic E-state index is 12.5. The van der Waals surface area contributed by atoms with Gasteiger partial charge in [-0.15, -0.1) is 0 Å². The summed E-state index contributed by atoms with van der Waals surface area (Å²) in [4.78, 5) is 48.0. The van der Waals surface area contributed by atoms with Crippen LogP contribution in [-0.2, 0) is 4.74 Å². The number of carbonyl (C=O) groups excluding carboxylic acids is 3. The molecule has 4 rings (SSSR count). The van der Waals surface area contributed by atoms with Gasteiger partial charge in [-0.25, -0.2) is 4.79 Å². The van der Waals surface area contributed by atoms with Gasteiger partial charge in [-0.05, 0) is 35.4 Å². The number of hydrogen-bond acceptors (Lipinski definition) is 6. The minimum Gasteiger partial charge on any atom is -0.465 e. The summed E-state index contributed by atoms with van der Waals surface area (Å²) in [5, 5.41) is 2.13. The fourth-order valence-corrected chi connectivity index (χ4v) is 3.29. The Morgan fingerprint density at radius 1 is 0.966 bits per heavy atom. The highest BCUT2D eigenvalue weighted by Gasteiger charge is 2.31. The van der Waals surface area contributed by atoms with E-state index in [1.54, 1.807) is 42.5 Å². The van der Waals surface area contributed by atoms with Crippen molar-refractivity contribution in [1.82, 2.24) is 9.88 Å². The molecule has 0 saturated carbocycles. The summed E-state index contributed by atoms with van der Waals surface area (Å²) < 4.78 is 5.91. The van der Waals surface area contributed by atoms with Crippen LogP contribution in [0.15, 0.2) is 59.4 Å². The molecule has 8 heteroatoms. The first-order valence-electron chi connectivity index (χ1n) is 8.61. The lowest BCUT2D eigenvalue weighted by Crippen LogP contribution is -2.24. The summed E-state index contributed by atoms with van der Waals surface area (Å²) in [6.45, 7) is 0. The zero-order valence-corrected chi connectivity index (χ0v) is 15.3. The first kappa shape index (κ1) is 18.2. The van der Waals surface area contributed by atoms with E-state index in [4.69, 9.17) is 10.5 Å². The molecule has 3 N–H and O–H groups in total. The number of pyridine rings is 1. The number of amides is 2. The topological polar surface area (TPSA) is 120 Å². The zero-order valence-electron chi connectivity index (χ0n) is 15.3. The predicted octanol–water partition coefficient (Wildman–Crippen LogP) is 1.76. The Morgan fingerprint density at radius 2 is 1.69 bits per heavy atom. The maximum Gasteiger partial charge on any atom is 0.337 e. The van der Waals surface area contributed by atoms with Crippen LogP contribution in [0.2, 0.25) is 0 Å². The molecule has 0 spiro atoms. The molecule has 1 aliphatic rings. The minimum atomic E-state index is -0.637. The second-order valence-corrected chi connectivity index (χ2v) is 6.39. The Kier molecular flexibility index (Phi) is 4.23. The molecule has 8 nitrogen and oxygen atoms in total. The zero-order chi connectivity index (χ0) is 20.7. The molecule has 144 valence electrons. The molecule has 0 saturated heterocycles. The van der Waals surface area contributed by atoms with E-state index in [9.17, 15) is 19.2 Å². The lowest BCUT2D eigenvalue weighted by Gasteiger charge is -2.12. The van der Waals surface area contributed by atoms with Gasteiger partial charge in [0.2, 0.25) is 0 Å². The Morgan fingerprint density at radius 3 is 2.38 bits per heavy atom. The van der Waals surface area contributed by atoms with Crippen LogP contribution >= 0.6 is 0 Å². The molecule has 2 heterocycles. The van der Waals surface area contributed by atoms with Gasteiger partial charge < -0.3 is 10.5 Å². The maximum atomic E-state index is 12.5. The smallest absolute Gasteiger partial charge is 0.337 e. The summed E-state index contributed by atoms with van der Waals surface area (Å²) in [5.74, 6) is -1.81. The van der Waals surface area contributed by atoms with Crippen molar-refractivity contribution in [3.05, 3.63) is 81.6 Å². The van der Waals surface area contributed by atoms with Gasteiger partial charge in [-0.1, -0.05) is 24.3 Å². The number of nitrogens with two attached hydrogens (primary N) is 1. The number of anilines is 1. The molecule has 2 amide bonds. The van der Waals surface area contributed by atoms with Crippen molar-refractivity contribution in [1.29, 1.82) is 0 Å². The monoisotopic (exact) mass is 389 g/mol. The number of benzene rings is 2. The van der Waals surface area contributed by atoms with Crippen molar-refractivity contribution in [3.8, 4) is 16.8 Å². The van der Waals surface area contributed by atoms with Gasteiger partial charge in [0.25, 0.3) is 17.4 Å². The second kappa shape index (κ2) is 6.75. The van der Waals surface area contributed by atoms with Crippen LogP contribution in [0.4, 0.5) is 5.82 Å². The van der Waals surface area contributed by atoms with E-state index in [-0.39, 0.29) is 16.9 Å². The number of hydrogen-bond donors (Lipinski definition) is 2. The fourth-order valence-electron chi connectivity index (χ4n) is 3.29. The molecule has 2 aromatic carbocycles. The number of nitrogen functional groups attached to an aromatic ring is 1. The number of esters is 1. The first-order valence-corrected chi connectivity index (χ1v) is 8.61. The average molecular weight is 389 g/mol. The van der Waals surface area contributed by atoms with Gasteiger partial charge in [0.1, 0.15) is 5.82 Å². The van der Waals surface area contributed by atoms with Crippen LogP contribution in [0.1, 0.15) is 31.1 Å². The van der Waals surface area contributed by atoms with Crippen LogP contribution in [-0.4, -0.2) is 29.5 Å². The number of fused-ring (bicyclic) bond motifs is 1. The number of nitrogens with zero attached hydrogens (tertiary/aromatic N) is 1. The molecular weight excluding hydrogens is 374 g/mol. The molecule has 0 bridgehead atoms. The van der Waals surface area contributed by atoms with Crippen molar-refractivity contribution in [3.63, 3.8) is 0 Å². The highest BCUT2D eigenvalue weighted by atomic mass is 16.5. The summed E-state index contributed by atoms with van der Waals surface area (Å²) >= 11 is 0. The first-order chi connectivity index (χ1) is 13.9. The third-order valence-electron chi connectivity index (χ3n) is 4.70. The Labute approximate surface area is 164 Å². The Balaban J connectivity index is 1.76. The van der Waals surface area contributed by atoms with E-state index in [1.807, 2.05) is 6.07 Å². The second-order valence-electron chi connectivity index (χ2n) is 6.39. The number of aromatic nitrogens is 1. The summed E-state index contributed by atoms with van der Waals surface area (Å²) in [7, 11) is 1.32. The third kappa shape index (κ3) is 2.96. The van der Waals surface area contributed by atoms with E-state index in [1.165, 1.54) is 11.7 Å². The van der Waals surface area contributed by atoms with Crippen molar-refractivity contribution < 1.29 is 19.1 Å². The lowest BCUT2D eigenvalue weighted by atomic mass is 10.0. The van der Waals surface area contributed by atoms with Crippen molar-refractivity contribution in [2.75, 3.05) is 12.8 Å². The molecule has 1 aromatic heterocycles. The third-order valence-corrected chi connectivity index (χ3v) is 4.70. The SMILES string of the molecule is COC(=O)c1cccc(-c2ccc(-n3c(N)c4c(cc3=O)C(=O)NC4=O)cc2)c1. The van der Waals surface area contributed by atoms with Gasteiger partial charge in [0, 0.05) is 6.07 Å². The van der Waals surface area contributed by atoms with E-state index < -0.39 is 23.3 Å². The molecule has 0 unspecified atom stereocenters. The van der Waals surface area contributed by atoms with Crippen molar-refractivity contribution in [2.24, 2.45) is 0 Å². The van der Waals surface area contributed by atoms with Crippen LogP contribution < -0.4 is 16.6 Å². The van der Waals surface area contributed by atoms with Gasteiger partial charge in [0.15, 0.2) is 0 Å². The molecule has 1 aliphatic heterocycles. The van der Waals surface area contributed by atoms with Crippen LogP contribution in [0.3, 0.4) is 0 Å². The average Bonchev–Trinajstić information content (AvgIpc) is 3.01. The minimum absolute atomic E-state index is 0.00976. The standard InChI is InChI=1S/C21H15N3O5/c1-29-21(28)13-4-2-3-12(9-13)11-5-7-14(8-6-11)24-16(25)10-15-17(18(24)22)20(27)23-19(15)26/h2-10H,22H2,1H3,(H,23,26,27). The van der Waals surface area contributed by atoms with E-state index in [0.717, 1.165) is 17.2 Å². The molecular formula is C21H15N3O5. The Hall–Kier alpha value is -4.20. The van der Waals surface area contributed by atoms with Crippen molar-refractivity contribution in [2.45, 2.75) is 0 Å². The van der Waals surface area contributed by atoms with Crippen molar-refractivity contribution >= 4 is 23.6 Å². The van der Waals surface area contributed by atoms with Crippen LogP contribution in [0.5, 0.6) is 0 Å². The number of methoxy groups -OCH3 is 1. The molecule has 0 radical (unpaired) electrons. The molecule has 3 aromatic rings. The fraction of sp³-hybridized carbons (Fsp3) is 0.0476.